The van der Waals surface area contributed by atoms with Gasteiger partial charge in [0.1, 0.15) is 18.2 Å². The molecular weight excluding hydrogens is 313 g/mol. The monoisotopic (exact) mass is 337 g/mol. The Balaban J connectivity index is 1.72. The summed E-state index contributed by atoms with van der Waals surface area (Å²) in [6.45, 7) is 6.15. The fourth-order valence-electron chi connectivity index (χ4n) is 3.82. The number of rotatable bonds is 3. The van der Waals surface area contributed by atoms with Crippen LogP contribution in [-0.4, -0.2) is 31.1 Å². The highest BCUT2D eigenvalue weighted by Gasteiger charge is 2.24. The standard InChI is InChI=1S/C22H24FNO/c1-16-10-12-24(13-11-16)14-18-15-25-21-5-3-2-4-20(21)22(18)17-6-8-19(23)9-7-17/h2-9,16H,10-15H2,1H3. The second-order valence-electron chi connectivity index (χ2n) is 7.23. The Hall–Kier alpha value is -2.13. The van der Waals surface area contributed by atoms with Crippen LogP contribution in [-0.2, 0) is 0 Å². The molecule has 1 fully saturated rings. The van der Waals surface area contributed by atoms with Crippen molar-refractivity contribution in [2.45, 2.75) is 19.8 Å². The minimum Gasteiger partial charge on any atom is -0.489 e. The van der Waals surface area contributed by atoms with E-state index >= 15 is 0 Å². The molecule has 130 valence electrons. The first-order valence-corrected chi connectivity index (χ1v) is 9.13. The topological polar surface area (TPSA) is 12.5 Å². The first kappa shape index (κ1) is 16.3. The van der Waals surface area contributed by atoms with Gasteiger partial charge in [0.15, 0.2) is 0 Å². The van der Waals surface area contributed by atoms with Gasteiger partial charge in [-0.25, -0.2) is 4.39 Å². The second kappa shape index (κ2) is 7.01. The van der Waals surface area contributed by atoms with Crippen LogP contribution in [0.2, 0.25) is 0 Å². The van der Waals surface area contributed by atoms with Crippen molar-refractivity contribution in [2.24, 2.45) is 5.92 Å². The van der Waals surface area contributed by atoms with Crippen LogP contribution in [0.5, 0.6) is 5.75 Å². The molecule has 2 aromatic carbocycles. The van der Waals surface area contributed by atoms with Gasteiger partial charge in [-0.2, -0.15) is 0 Å². The molecule has 2 aliphatic heterocycles. The van der Waals surface area contributed by atoms with E-state index in [2.05, 4.69) is 17.9 Å². The summed E-state index contributed by atoms with van der Waals surface area (Å²) in [7, 11) is 0. The summed E-state index contributed by atoms with van der Waals surface area (Å²) in [6, 6.07) is 15.0. The number of likely N-dealkylation sites (tertiary alicyclic amines) is 1. The summed E-state index contributed by atoms with van der Waals surface area (Å²) in [5.74, 6) is 1.54. The molecule has 2 aliphatic rings. The Morgan fingerprint density at radius 3 is 2.52 bits per heavy atom. The molecule has 0 atom stereocenters. The Kier molecular flexibility index (Phi) is 4.58. The summed E-state index contributed by atoms with van der Waals surface area (Å²) >= 11 is 0. The lowest BCUT2D eigenvalue weighted by molar-refractivity contribution is 0.199. The highest BCUT2D eigenvalue weighted by molar-refractivity contribution is 5.86. The molecule has 1 saturated heterocycles. The van der Waals surface area contributed by atoms with E-state index < -0.39 is 0 Å². The fraction of sp³-hybridized carbons (Fsp3) is 0.364. The van der Waals surface area contributed by atoms with Gasteiger partial charge in [0.25, 0.3) is 0 Å². The van der Waals surface area contributed by atoms with Crippen LogP contribution < -0.4 is 4.74 Å². The van der Waals surface area contributed by atoms with Crippen molar-refractivity contribution >= 4 is 5.57 Å². The molecule has 0 spiro atoms. The number of hydrogen-bond acceptors (Lipinski definition) is 2. The van der Waals surface area contributed by atoms with E-state index in [1.807, 2.05) is 30.3 Å². The number of benzene rings is 2. The van der Waals surface area contributed by atoms with E-state index in [0.717, 1.165) is 42.4 Å². The summed E-state index contributed by atoms with van der Waals surface area (Å²) < 4.78 is 19.4. The van der Waals surface area contributed by atoms with Crippen LogP contribution >= 0.6 is 0 Å². The van der Waals surface area contributed by atoms with E-state index in [4.69, 9.17) is 4.74 Å². The SMILES string of the molecule is CC1CCN(CC2=C(c3ccc(F)cc3)c3ccccc3OC2)CC1. The summed E-state index contributed by atoms with van der Waals surface area (Å²) in [5.41, 5.74) is 4.68. The Bertz CT molecular complexity index is 773. The lowest BCUT2D eigenvalue weighted by Crippen LogP contribution is -2.36. The van der Waals surface area contributed by atoms with E-state index in [0.29, 0.717) is 6.61 Å². The quantitative estimate of drug-likeness (QED) is 0.801. The number of piperidine rings is 1. The van der Waals surface area contributed by atoms with Crippen molar-refractivity contribution in [3.63, 3.8) is 0 Å². The predicted molar refractivity (Wildman–Crippen MR) is 99.2 cm³/mol. The van der Waals surface area contributed by atoms with Crippen LogP contribution in [0.1, 0.15) is 30.9 Å². The van der Waals surface area contributed by atoms with Crippen molar-refractivity contribution in [1.82, 2.24) is 4.90 Å². The highest BCUT2D eigenvalue weighted by atomic mass is 19.1. The third kappa shape index (κ3) is 3.47. The molecule has 0 aliphatic carbocycles. The van der Waals surface area contributed by atoms with Gasteiger partial charge in [-0.3, -0.25) is 4.90 Å². The molecule has 4 rings (SSSR count). The molecule has 0 saturated carbocycles. The molecule has 0 bridgehead atoms. The van der Waals surface area contributed by atoms with Crippen molar-refractivity contribution in [3.05, 3.63) is 71.0 Å². The number of halogens is 1. The molecule has 0 radical (unpaired) electrons. The lowest BCUT2D eigenvalue weighted by Gasteiger charge is -2.33. The number of ether oxygens (including phenoxy) is 1. The van der Waals surface area contributed by atoms with Gasteiger partial charge in [-0.05, 0) is 66.8 Å². The van der Waals surface area contributed by atoms with Gasteiger partial charge in [0.05, 0.1) is 0 Å². The zero-order valence-corrected chi connectivity index (χ0v) is 14.7. The largest absolute Gasteiger partial charge is 0.489 e. The number of para-hydroxylation sites is 1. The third-order valence-electron chi connectivity index (χ3n) is 5.34. The van der Waals surface area contributed by atoms with Gasteiger partial charge in [0.2, 0.25) is 0 Å². The molecular formula is C22H24FNO. The normalized spacial score (nSPS) is 18.8. The fourth-order valence-corrected chi connectivity index (χ4v) is 3.82. The number of fused-ring (bicyclic) bond motifs is 1. The zero-order chi connectivity index (χ0) is 17.2. The van der Waals surface area contributed by atoms with Gasteiger partial charge in [-0.1, -0.05) is 37.3 Å². The number of hydrogen-bond donors (Lipinski definition) is 0. The van der Waals surface area contributed by atoms with Crippen molar-refractivity contribution in [1.29, 1.82) is 0 Å². The third-order valence-corrected chi connectivity index (χ3v) is 5.34. The van der Waals surface area contributed by atoms with Crippen LogP contribution in [0.4, 0.5) is 4.39 Å². The van der Waals surface area contributed by atoms with E-state index in [-0.39, 0.29) is 5.82 Å². The molecule has 0 amide bonds. The highest BCUT2D eigenvalue weighted by Crippen LogP contribution is 2.37. The van der Waals surface area contributed by atoms with Gasteiger partial charge < -0.3 is 4.74 Å². The minimum absolute atomic E-state index is 0.198. The van der Waals surface area contributed by atoms with E-state index in [1.165, 1.54) is 24.0 Å². The molecule has 2 nitrogen and oxygen atoms in total. The summed E-state index contributed by atoms with van der Waals surface area (Å²) in [4.78, 5) is 2.52. The van der Waals surface area contributed by atoms with Crippen LogP contribution in [0.15, 0.2) is 54.1 Å². The van der Waals surface area contributed by atoms with Crippen LogP contribution in [0.25, 0.3) is 5.57 Å². The predicted octanol–water partition coefficient (Wildman–Crippen LogP) is 4.75. The van der Waals surface area contributed by atoms with Crippen LogP contribution in [0, 0.1) is 11.7 Å². The first-order valence-electron chi connectivity index (χ1n) is 9.13. The van der Waals surface area contributed by atoms with Gasteiger partial charge in [-0.15, -0.1) is 0 Å². The Labute approximate surface area is 148 Å². The maximum atomic E-state index is 13.4. The first-order chi connectivity index (χ1) is 12.2. The molecule has 2 aromatic rings. The van der Waals surface area contributed by atoms with Crippen molar-refractivity contribution in [2.75, 3.05) is 26.2 Å². The Morgan fingerprint density at radius 2 is 1.76 bits per heavy atom. The van der Waals surface area contributed by atoms with E-state index in [9.17, 15) is 4.39 Å². The smallest absolute Gasteiger partial charge is 0.127 e. The average Bonchev–Trinajstić information content (AvgIpc) is 2.64. The van der Waals surface area contributed by atoms with Crippen molar-refractivity contribution < 1.29 is 9.13 Å². The molecule has 0 unspecified atom stereocenters. The van der Waals surface area contributed by atoms with Crippen molar-refractivity contribution in [3.8, 4) is 5.75 Å². The molecule has 0 N–H and O–H groups in total. The lowest BCUT2D eigenvalue weighted by atomic mass is 9.90. The van der Waals surface area contributed by atoms with E-state index in [1.54, 1.807) is 12.1 Å². The van der Waals surface area contributed by atoms with Crippen LogP contribution in [0.3, 0.4) is 0 Å². The summed E-state index contributed by atoms with van der Waals surface area (Å²) in [5, 5.41) is 0. The second-order valence-corrected chi connectivity index (χ2v) is 7.23. The Morgan fingerprint density at radius 1 is 1.04 bits per heavy atom. The molecule has 0 aromatic heterocycles. The molecule has 25 heavy (non-hydrogen) atoms. The van der Waals surface area contributed by atoms with Gasteiger partial charge in [0, 0.05) is 12.1 Å². The molecule has 3 heteroatoms. The minimum atomic E-state index is -0.198. The number of nitrogens with zero attached hydrogens (tertiary/aromatic N) is 1. The maximum Gasteiger partial charge on any atom is 0.127 e. The maximum absolute atomic E-state index is 13.4. The summed E-state index contributed by atoms with van der Waals surface area (Å²) in [6.07, 6.45) is 2.52. The van der Waals surface area contributed by atoms with Gasteiger partial charge >= 0.3 is 0 Å². The average molecular weight is 337 g/mol. The zero-order valence-electron chi connectivity index (χ0n) is 14.7. The molecule has 2 heterocycles.